The zero-order chi connectivity index (χ0) is 16.1. The quantitative estimate of drug-likeness (QED) is 0.476. The van der Waals surface area contributed by atoms with Crippen molar-refractivity contribution in [3.05, 3.63) is 22.2 Å². The Morgan fingerprint density at radius 2 is 2.00 bits per heavy atom. The van der Waals surface area contributed by atoms with Gasteiger partial charge in [0.1, 0.15) is 0 Å². The molecule has 1 heterocycles. The molecule has 0 fully saturated rings. The average Bonchev–Trinajstić information content (AvgIpc) is 2.91. The van der Waals surface area contributed by atoms with Crippen molar-refractivity contribution < 1.29 is 19.1 Å². The third kappa shape index (κ3) is 4.20. The van der Waals surface area contributed by atoms with Crippen LogP contribution in [0.1, 0.15) is 19.4 Å². The van der Waals surface area contributed by atoms with Gasteiger partial charge in [-0.3, -0.25) is 9.59 Å². The molecule has 2 N–H and O–H groups in total. The fourth-order valence-electron chi connectivity index (χ4n) is 1.62. The number of nitrogens with one attached hydrogen (secondary N) is 2. The first-order chi connectivity index (χ1) is 10.5. The van der Waals surface area contributed by atoms with Crippen LogP contribution in [0.25, 0.3) is 0 Å². The summed E-state index contributed by atoms with van der Waals surface area (Å²) in [6.07, 6.45) is 1.42. The lowest BCUT2D eigenvalue weighted by atomic mass is 10.2. The lowest BCUT2D eigenvalue weighted by Crippen LogP contribution is -2.39. The van der Waals surface area contributed by atoms with Gasteiger partial charge < -0.3 is 14.8 Å². The highest BCUT2D eigenvalue weighted by Crippen LogP contribution is 2.36. The number of hydrogen-bond donors (Lipinski definition) is 2. The summed E-state index contributed by atoms with van der Waals surface area (Å²) in [5, 5.41) is 6.27. The van der Waals surface area contributed by atoms with Crippen LogP contribution in [-0.2, 0) is 9.59 Å². The lowest BCUT2D eigenvalue weighted by molar-refractivity contribution is -0.139. The predicted octanol–water partition coefficient (Wildman–Crippen LogP) is 1.40. The maximum Gasteiger partial charge on any atom is 0.329 e. The minimum absolute atomic E-state index is 0.176. The van der Waals surface area contributed by atoms with Crippen LogP contribution in [-0.4, -0.2) is 31.4 Å². The topological polar surface area (TPSA) is 89.0 Å². The van der Waals surface area contributed by atoms with Crippen LogP contribution in [0.2, 0.25) is 0 Å². The van der Waals surface area contributed by atoms with Gasteiger partial charge in [-0.15, -0.1) is 0 Å². The van der Waals surface area contributed by atoms with E-state index in [2.05, 4.69) is 31.8 Å². The van der Waals surface area contributed by atoms with E-state index in [1.165, 1.54) is 6.21 Å². The molecule has 1 aromatic carbocycles. The molecule has 0 bridgehead atoms. The predicted molar refractivity (Wildman–Crippen MR) is 83.8 cm³/mol. The van der Waals surface area contributed by atoms with Crippen LogP contribution in [0.15, 0.2) is 21.7 Å². The standard InChI is InChI=1S/C14H16BrN3O4/c1-8(2)5-16-13(19)14(20)18-17-6-9-3-11-12(4-10(9)15)22-7-21-11/h3-4,6,8H,5,7H2,1-2H3,(H,16,19)(H,18,20)/b17-6+. The molecule has 8 heteroatoms. The summed E-state index contributed by atoms with van der Waals surface area (Å²) in [6, 6.07) is 3.47. The summed E-state index contributed by atoms with van der Waals surface area (Å²) in [7, 11) is 0. The number of nitrogens with zero attached hydrogens (tertiary/aromatic N) is 1. The second-order valence-corrected chi connectivity index (χ2v) is 5.88. The van der Waals surface area contributed by atoms with Crippen molar-refractivity contribution in [2.24, 2.45) is 11.0 Å². The fraction of sp³-hybridized carbons (Fsp3) is 0.357. The van der Waals surface area contributed by atoms with Crippen LogP contribution in [0, 0.1) is 5.92 Å². The Morgan fingerprint density at radius 1 is 1.32 bits per heavy atom. The lowest BCUT2D eigenvalue weighted by Gasteiger charge is -2.06. The number of carbonyl (C=O) groups excluding carboxylic acids is 2. The summed E-state index contributed by atoms with van der Waals surface area (Å²) < 4.78 is 11.2. The zero-order valence-electron chi connectivity index (χ0n) is 12.2. The van der Waals surface area contributed by atoms with E-state index in [1.807, 2.05) is 13.8 Å². The monoisotopic (exact) mass is 369 g/mol. The first kappa shape index (κ1) is 16.3. The fourth-order valence-corrected chi connectivity index (χ4v) is 2.04. The largest absolute Gasteiger partial charge is 0.454 e. The number of hydrazone groups is 1. The van der Waals surface area contributed by atoms with Crippen LogP contribution in [0.5, 0.6) is 11.5 Å². The third-order valence-corrected chi connectivity index (χ3v) is 3.43. The van der Waals surface area contributed by atoms with Gasteiger partial charge in [-0.1, -0.05) is 13.8 Å². The summed E-state index contributed by atoms with van der Waals surface area (Å²) in [5.41, 5.74) is 2.86. The minimum Gasteiger partial charge on any atom is -0.454 e. The number of rotatable bonds is 4. The van der Waals surface area contributed by atoms with Gasteiger partial charge in [-0.2, -0.15) is 5.10 Å². The van der Waals surface area contributed by atoms with Crippen molar-refractivity contribution in [2.75, 3.05) is 13.3 Å². The summed E-state index contributed by atoms with van der Waals surface area (Å²) in [6.45, 7) is 4.49. The molecular weight excluding hydrogens is 354 g/mol. The zero-order valence-corrected chi connectivity index (χ0v) is 13.8. The maximum absolute atomic E-state index is 11.5. The van der Waals surface area contributed by atoms with Gasteiger partial charge in [0.15, 0.2) is 11.5 Å². The van der Waals surface area contributed by atoms with Crippen LogP contribution >= 0.6 is 15.9 Å². The smallest absolute Gasteiger partial charge is 0.329 e. The molecule has 0 spiro atoms. The van der Waals surface area contributed by atoms with E-state index in [0.717, 1.165) is 4.47 Å². The average molecular weight is 370 g/mol. The van der Waals surface area contributed by atoms with E-state index in [-0.39, 0.29) is 12.7 Å². The van der Waals surface area contributed by atoms with Crippen molar-refractivity contribution in [3.63, 3.8) is 0 Å². The highest BCUT2D eigenvalue weighted by molar-refractivity contribution is 9.10. The molecule has 0 aliphatic carbocycles. The Kier molecular flexibility index (Phi) is 5.37. The van der Waals surface area contributed by atoms with Crippen LogP contribution in [0.4, 0.5) is 0 Å². The van der Waals surface area contributed by atoms with Gasteiger partial charge in [-0.05, 0) is 34.0 Å². The summed E-state index contributed by atoms with van der Waals surface area (Å²) >= 11 is 3.37. The molecule has 2 amide bonds. The molecule has 0 atom stereocenters. The Balaban J connectivity index is 1.92. The maximum atomic E-state index is 11.5. The van der Waals surface area contributed by atoms with Crippen LogP contribution < -0.4 is 20.2 Å². The van der Waals surface area contributed by atoms with Gasteiger partial charge in [0, 0.05) is 16.6 Å². The number of fused-ring (bicyclic) bond motifs is 1. The van der Waals surface area contributed by atoms with E-state index >= 15 is 0 Å². The summed E-state index contributed by atoms with van der Waals surface area (Å²) in [5.74, 6) is -0.0130. The Hall–Kier alpha value is -2.09. The third-order valence-electron chi connectivity index (χ3n) is 2.74. The number of halogens is 1. The molecule has 1 aliphatic heterocycles. The van der Waals surface area contributed by atoms with E-state index in [0.29, 0.717) is 23.6 Å². The van der Waals surface area contributed by atoms with Gasteiger partial charge in [0.2, 0.25) is 6.79 Å². The number of ether oxygens (including phenoxy) is 2. The van der Waals surface area contributed by atoms with E-state index in [4.69, 9.17) is 9.47 Å². The SMILES string of the molecule is CC(C)CNC(=O)C(=O)N/N=C/c1cc2c(cc1Br)OCO2. The van der Waals surface area contributed by atoms with Crippen molar-refractivity contribution in [1.82, 2.24) is 10.7 Å². The molecule has 1 aromatic rings. The Labute approximate surface area is 136 Å². The number of carbonyl (C=O) groups is 2. The van der Waals surface area contributed by atoms with E-state index in [1.54, 1.807) is 12.1 Å². The first-order valence-electron chi connectivity index (χ1n) is 6.67. The Bertz CT molecular complexity index is 616. The molecular formula is C14H16BrN3O4. The second-order valence-electron chi connectivity index (χ2n) is 5.03. The highest BCUT2D eigenvalue weighted by Gasteiger charge is 2.16. The number of benzene rings is 1. The second kappa shape index (κ2) is 7.26. The van der Waals surface area contributed by atoms with Crippen LogP contribution in [0.3, 0.4) is 0 Å². The molecule has 2 rings (SSSR count). The minimum atomic E-state index is -0.811. The molecule has 0 unspecified atom stereocenters. The normalized spacial score (nSPS) is 12.7. The number of amides is 2. The van der Waals surface area contributed by atoms with Crippen molar-refractivity contribution in [2.45, 2.75) is 13.8 Å². The highest BCUT2D eigenvalue weighted by atomic mass is 79.9. The van der Waals surface area contributed by atoms with Crippen molar-refractivity contribution >= 4 is 34.0 Å². The molecule has 7 nitrogen and oxygen atoms in total. The number of hydrogen-bond acceptors (Lipinski definition) is 5. The van der Waals surface area contributed by atoms with Gasteiger partial charge in [-0.25, -0.2) is 5.43 Å². The first-order valence-corrected chi connectivity index (χ1v) is 7.47. The molecule has 0 saturated heterocycles. The van der Waals surface area contributed by atoms with E-state index in [9.17, 15) is 9.59 Å². The molecule has 118 valence electrons. The van der Waals surface area contributed by atoms with Gasteiger partial charge in [0.25, 0.3) is 0 Å². The molecule has 0 aromatic heterocycles. The Morgan fingerprint density at radius 3 is 2.68 bits per heavy atom. The van der Waals surface area contributed by atoms with Crippen molar-refractivity contribution in [1.29, 1.82) is 0 Å². The molecule has 0 saturated carbocycles. The summed E-state index contributed by atoms with van der Waals surface area (Å²) in [4.78, 5) is 23.0. The molecule has 1 aliphatic rings. The van der Waals surface area contributed by atoms with Gasteiger partial charge >= 0.3 is 11.8 Å². The van der Waals surface area contributed by atoms with Crippen molar-refractivity contribution in [3.8, 4) is 11.5 Å². The molecule has 22 heavy (non-hydrogen) atoms. The molecule has 0 radical (unpaired) electrons. The van der Waals surface area contributed by atoms with E-state index < -0.39 is 11.8 Å². The van der Waals surface area contributed by atoms with Gasteiger partial charge in [0.05, 0.1) is 6.21 Å².